The Morgan fingerprint density at radius 3 is 2.47 bits per heavy atom. The molecule has 1 atom stereocenters. The van der Waals surface area contributed by atoms with Gasteiger partial charge in [-0.1, -0.05) is 6.07 Å². The molecular weight excluding hydrogens is 250 g/mol. The Kier molecular flexibility index (Phi) is 5.24. The molecule has 0 radical (unpaired) electrons. The number of piperazine rings is 1. The molecule has 106 valence electrons. The van der Waals surface area contributed by atoms with Crippen molar-refractivity contribution in [2.24, 2.45) is 0 Å². The lowest BCUT2D eigenvalue weighted by Gasteiger charge is -2.29. The molecule has 0 saturated carbocycles. The van der Waals surface area contributed by atoms with Crippen LogP contribution in [0.1, 0.15) is 12.0 Å². The maximum Gasteiger partial charge on any atom is 0.129 e. The Bertz CT molecular complexity index is 388. The summed E-state index contributed by atoms with van der Waals surface area (Å²) in [5.41, 5.74) is 0.0712. The first-order chi connectivity index (χ1) is 9.16. The number of aliphatic hydroxyl groups excluding tert-OH is 1. The van der Waals surface area contributed by atoms with Crippen molar-refractivity contribution in [1.29, 1.82) is 0 Å². The highest BCUT2D eigenvalue weighted by molar-refractivity contribution is 5.19. The summed E-state index contributed by atoms with van der Waals surface area (Å²) in [5, 5.41) is 13.2. The van der Waals surface area contributed by atoms with Crippen molar-refractivity contribution in [3.63, 3.8) is 0 Å². The van der Waals surface area contributed by atoms with E-state index in [-0.39, 0.29) is 12.0 Å². The molecule has 1 unspecified atom stereocenters. The van der Waals surface area contributed by atoms with E-state index >= 15 is 0 Å². The molecule has 0 aliphatic carbocycles. The van der Waals surface area contributed by atoms with Gasteiger partial charge in [0.25, 0.3) is 0 Å². The summed E-state index contributed by atoms with van der Waals surface area (Å²) in [7, 11) is 0. The van der Waals surface area contributed by atoms with Crippen LogP contribution in [0.15, 0.2) is 18.2 Å². The summed E-state index contributed by atoms with van der Waals surface area (Å²) < 4.78 is 26.8. The van der Waals surface area contributed by atoms with Crippen LogP contribution in [0, 0.1) is 11.6 Å². The fraction of sp³-hybridized carbons (Fsp3) is 0.571. The zero-order valence-electron chi connectivity index (χ0n) is 10.9. The molecule has 1 fully saturated rings. The number of aliphatic hydroxyl groups is 1. The third-order valence-corrected chi connectivity index (χ3v) is 3.47. The Morgan fingerprint density at radius 1 is 1.21 bits per heavy atom. The number of benzene rings is 1. The van der Waals surface area contributed by atoms with Gasteiger partial charge in [-0.3, -0.25) is 4.90 Å². The van der Waals surface area contributed by atoms with E-state index in [2.05, 4.69) is 10.2 Å². The maximum atomic E-state index is 13.4. The molecule has 0 bridgehead atoms. The van der Waals surface area contributed by atoms with Crippen LogP contribution in [-0.4, -0.2) is 48.8 Å². The number of rotatable bonds is 5. The van der Waals surface area contributed by atoms with Gasteiger partial charge in [-0.05, 0) is 25.0 Å². The summed E-state index contributed by atoms with van der Waals surface area (Å²) in [4.78, 5) is 2.17. The molecule has 1 aromatic rings. The zero-order chi connectivity index (χ0) is 13.7. The lowest BCUT2D eigenvalue weighted by molar-refractivity contribution is 0.0983. The predicted molar refractivity (Wildman–Crippen MR) is 70.0 cm³/mol. The van der Waals surface area contributed by atoms with Crippen molar-refractivity contribution in [2.45, 2.75) is 18.9 Å². The smallest absolute Gasteiger partial charge is 0.129 e. The van der Waals surface area contributed by atoms with E-state index in [4.69, 9.17) is 0 Å². The van der Waals surface area contributed by atoms with E-state index in [1.807, 2.05) is 0 Å². The van der Waals surface area contributed by atoms with Crippen molar-refractivity contribution in [2.75, 3.05) is 32.7 Å². The van der Waals surface area contributed by atoms with E-state index in [9.17, 15) is 13.9 Å². The van der Waals surface area contributed by atoms with E-state index in [1.165, 1.54) is 18.2 Å². The number of nitrogens with one attached hydrogen (secondary N) is 1. The van der Waals surface area contributed by atoms with Crippen LogP contribution in [0.5, 0.6) is 0 Å². The van der Waals surface area contributed by atoms with E-state index in [0.29, 0.717) is 13.0 Å². The highest BCUT2D eigenvalue weighted by atomic mass is 19.1. The summed E-state index contributed by atoms with van der Waals surface area (Å²) in [6, 6.07) is 3.85. The quantitative estimate of drug-likeness (QED) is 0.843. The lowest BCUT2D eigenvalue weighted by atomic mass is 10.1. The Hall–Kier alpha value is -1.04. The van der Waals surface area contributed by atoms with Gasteiger partial charge in [0.1, 0.15) is 11.6 Å². The standard InChI is InChI=1S/C14H20F2N2O/c15-13-2-1-3-14(16)12(13)5-4-11(19)10-18-8-6-17-7-9-18/h1-3,11,17,19H,4-10H2. The monoisotopic (exact) mass is 270 g/mol. The Labute approximate surface area is 112 Å². The fourth-order valence-corrected chi connectivity index (χ4v) is 2.37. The third kappa shape index (κ3) is 4.23. The molecule has 2 rings (SSSR count). The van der Waals surface area contributed by atoms with Gasteiger partial charge < -0.3 is 10.4 Å². The van der Waals surface area contributed by atoms with E-state index < -0.39 is 17.7 Å². The van der Waals surface area contributed by atoms with Crippen LogP contribution in [0.25, 0.3) is 0 Å². The van der Waals surface area contributed by atoms with Gasteiger partial charge in [-0.2, -0.15) is 0 Å². The van der Waals surface area contributed by atoms with Crippen LogP contribution in [-0.2, 0) is 6.42 Å². The fourth-order valence-electron chi connectivity index (χ4n) is 2.37. The number of hydrogen-bond acceptors (Lipinski definition) is 3. The van der Waals surface area contributed by atoms with Crippen molar-refractivity contribution in [3.05, 3.63) is 35.4 Å². The molecule has 1 aliphatic rings. The van der Waals surface area contributed by atoms with E-state index in [1.54, 1.807) is 0 Å². The first kappa shape index (κ1) is 14.4. The van der Waals surface area contributed by atoms with Crippen LogP contribution >= 0.6 is 0 Å². The molecule has 1 aliphatic heterocycles. The molecule has 3 nitrogen and oxygen atoms in total. The molecule has 0 amide bonds. The number of halogens is 2. The average molecular weight is 270 g/mol. The minimum atomic E-state index is -0.544. The summed E-state index contributed by atoms with van der Waals surface area (Å²) in [6.07, 6.45) is 0.0604. The summed E-state index contributed by atoms with van der Waals surface area (Å²) >= 11 is 0. The molecular formula is C14H20F2N2O. The van der Waals surface area contributed by atoms with Crippen molar-refractivity contribution < 1.29 is 13.9 Å². The molecule has 1 aromatic carbocycles. The van der Waals surface area contributed by atoms with Gasteiger partial charge in [-0.25, -0.2) is 8.78 Å². The normalized spacial score (nSPS) is 18.5. The van der Waals surface area contributed by atoms with Crippen LogP contribution in [0.4, 0.5) is 8.78 Å². The van der Waals surface area contributed by atoms with Crippen molar-refractivity contribution in [1.82, 2.24) is 10.2 Å². The topological polar surface area (TPSA) is 35.5 Å². The van der Waals surface area contributed by atoms with Gasteiger partial charge in [0.05, 0.1) is 6.10 Å². The highest BCUT2D eigenvalue weighted by Crippen LogP contribution is 2.15. The second-order valence-corrected chi connectivity index (χ2v) is 4.94. The van der Waals surface area contributed by atoms with Gasteiger partial charge >= 0.3 is 0 Å². The van der Waals surface area contributed by atoms with Crippen LogP contribution in [0.2, 0.25) is 0 Å². The lowest BCUT2D eigenvalue weighted by Crippen LogP contribution is -2.46. The molecule has 1 heterocycles. The number of hydrogen-bond donors (Lipinski definition) is 2. The molecule has 2 N–H and O–H groups in total. The molecule has 0 aromatic heterocycles. The van der Waals surface area contributed by atoms with Crippen molar-refractivity contribution >= 4 is 0 Å². The molecule has 1 saturated heterocycles. The average Bonchev–Trinajstić information content (AvgIpc) is 2.39. The Balaban J connectivity index is 1.81. The van der Waals surface area contributed by atoms with Gasteiger partial charge in [0.15, 0.2) is 0 Å². The first-order valence-electron chi connectivity index (χ1n) is 6.71. The highest BCUT2D eigenvalue weighted by Gasteiger charge is 2.16. The second-order valence-electron chi connectivity index (χ2n) is 4.94. The van der Waals surface area contributed by atoms with E-state index in [0.717, 1.165) is 26.2 Å². The van der Waals surface area contributed by atoms with Gasteiger partial charge in [0, 0.05) is 38.3 Å². The van der Waals surface area contributed by atoms with Crippen molar-refractivity contribution in [3.8, 4) is 0 Å². The zero-order valence-corrected chi connectivity index (χ0v) is 10.9. The minimum Gasteiger partial charge on any atom is -0.392 e. The molecule has 19 heavy (non-hydrogen) atoms. The third-order valence-electron chi connectivity index (χ3n) is 3.47. The number of nitrogens with zero attached hydrogens (tertiary/aromatic N) is 1. The maximum absolute atomic E-state index is 13.4. The summed E-state index contributed by atoms with van der Waals surface area (Å²) in [6.45, 7) is 4.23. The van der Waals surface area contributed by atoms with Crippen LogP contribution < -0.4 is 5.32 Å². The molecule has 5 heteroatoms. The molecule has 0 spiro atoms. The minimum absolute atomic E-state index is 0.0712. The predicted octanol–water partition coefficient (Wildman–Crippen LogP) is 1.16. The van der Waals surface area contributed by atoms with Gasteiger partial charge in [-0.15, -0.1) is 0 Å². The Morgan fingerprint density at radius 2 is 1.84 bits per heavy atom. The second kappa shape index (κ2) is 6.93. The van der Waals surface area contributed by atoms with Gasteiger partial charge in [0.2, 0.25) is 0 Å². The first-order valence-corrected chi connectivity index (χ1v) is 6.71. The van der Waals surface area contributed by atoms with Crippen LogP contribution in [0.3, 0.4) is 0 Å². The summed E-state index contributed by atoms with van der Waals surface area (Å²) in [5.74, 6) is -1.07. The largest absolute Gasteiger partial charge is 0.392 e. The number of β-amino-alcohol motifs (C(OH)–C–C–N with tert-alkyl or cyclic N) is 1. The SMILES string of the molecule is OC(CCc1c(F)cccc1F)CN1CCNCC1.